The number of aldehydes is 1. The maximum Gasteiger partial charge on any atom is 0.270 e. The number of nitrogens with zero attached hydrogens (tertiary/aromatic N) is 1. The predicted octanol–water partition coefficient (Wildman–Crippen LogP) is 3.08. The van der Waals surface area contributed by atoms with Crippen molar-refractivity contribution < 1.29 is 19.2 Å². The van der Waals surface area contributed by atoms with Crippen molar-refractivity contribution >= 4 is 29.6 Å². The molecule has 0 saturated carbocycles. The van der Waals surface area contributed by atoms with Crippen LogP contribution in [-0.2, 0) is 4.79 Å². The fourth-order valence-electron chi connectivity index (χ4n) is 2.07. The molecule has 0 bridgehead atoms. The molecule has 0 aliphatic rings. The van der Waals surface area contributed by atoms with Crippen LogP contribution in [0, 0.1) is 10.1 Å². The predicted molar refractivity (Wildman–Crippen MR) is 98.8 cm³/mol. The zero-order valence-electron chi connectivity index (χ0n) is 13.9. The number of carbonyl (C=O) groups excluding carboxylic acids is 2. The first-order valence-electron chi connectivity index (χ1n) is 7.91. The summed E-state index contributed by atoms with van der Waals surface area (Å²) in [4.78, 5) is 34.1. The quantitative estimate of drug-likeness (QED) is 0.226. The molecule has 0 saturated heterocycles. The van der Waals surface area contributed by atoms with E-state index in [0.717, 1.165) is 18.2 Å². The van der Waals surface area contributed by atoms with Crippen molar-refractivity contribution in [3.63, 3.8) is 0 Å². The first kappa shape index (κ1) is 19.5. The molecule has 1 N–H and O–H groups in total. The van der Waals surface area contributed by atoms with E-state index in [1.165, 1.54) is 17.0 Å². The van der Waals surface area contributed by atoms with E-state index in [0.29, 0.717) is 12.8 Å². The Morgan fingerprint density at radius 1 is 1.23 bits per heavy atom. The third-order valence-corrected chi connectivity index (χ3v) is 4.44. The van der Waals surface area contributed by atoms with Gasteiger partial charge in [-0.05, 0) is 30.4 Å². The normalized spacial score (nSPS) is 10.2. The van der Waals surface area contributed by atoms with Crippen molar-refractivity contribution in [1.29, 1.82) is 0 Å². The summed E-state index contributed by atoms with van der Waals surface area (Å²) in [6.45, 7) is 0.257. The van der Waals surface area contributed by atoms with Gasteiger partial charge in [0.25, 0.3) is 11.6 Å². The van der Waals surface area contributed by atoms with Crippen molar-refractivity contribution in [2.75, 3.05) is 18.9 Å². The fraction of sp³-hybridized carbons (Fsp3) is 0.222. The van der Waals surface area contributed by atoms with Crippen molar-refractivity contribution in [3.05, 3.63) is 64.2 Å². The smallest absolute Gasteiger partial charge is 0.270 e. The summed E-state index contributed by atoms with van der Waals surface area (Å²) in [5.74, 6) is 0.702. The van der Waals surface area contributed by atoms with Crippen LogP contribution in [0.4, 0.5) is 5.69 Å². The largest absolute Gasteiger partial charge is 0.483 e. The van der Waals surface area contributed by atoms with Gasteiger partial charge in [0.1, 0.15) is 5.75 Å². The topological polar surface area (TPSA) is 98.5 Å². The van der Waals surface area contributed by atoms with Gasteiger partial charge in [-0.1, -0.05) is 18.2 Å². The molecule has 2 aromatic carbocycles. The molecule has 0 spiro atoms. The summed E-state index contributed by atoms with van der Waals surface area (Å²) in [5, 5.41) is 13.4. The molecule has 0 aromatic heterocycles. The van der Waals surface area contributed by atoms with Gasteiger partial charge in [-0.2, -0.15) is 0 Å². The molecule has 0 unspecified atom stereocenters. The van der Waals surface area contributed by atoms with Gasteiger partial charge < -0.3 is 10.1 Å². The summed E-state index contributed by atoms with van der Waals surface area (Å²) in [7, 11) is 0. The van der Waals surface area contributed by atoms with Crippen LogP contribution in [0.5, 0.6) is 5.75 Å². The summed E-state index contributed by atoms with van der Waals surface area (Å²) in [5.41, 5.74) is -0.175. The maximum absolute atomic E-state index is 11.8. The number of non-ortho nitro benzene ring substituents is 1. The Morgan fingerprint density at radius 3 is 2.69 bits per heavy atom. The average molecular weight is 374 g/mol. The van der Waals surface area contributed by atoms with Crippen molar-refractivity contribution in [1.82, 2.24) is 5.32 Å². The first-order chi connectivity index (χ1) is 12.6. The minimum atomic E-state index is -0.600. The Labute approximate surface area is 154 Å². The van der Waals surface area contributed by atoms with Gasteiger partial charge in [0.15, 0.2) is 12.9 Å². The summed E-state index contributed by atoms with van der Waals surface area (Å²) in [6, 6.07) is 13.6. The number of rotatable bonds is 10. The molecule has 0 atom stereocenters. The van der Waals surface area contributed by atoms with Crippen molar-refractivity contribution in [3.8, 4) is 5.75 Å². The molecular weight excluding hydrogens is 356 g/mol. The van der Waals surface area contributed by atoms with Gasteiger partial charge in [0.2, 0.25) is 0 Å². The van der Waals surface area contributed by atoms with Gasteiger partial charge in [0, 0.05) is 23.6 Å². The Kier molecular flexibility index (Phi) is 7.63. The summed E-state index contributed by atoms with van der Waals surface area (Å²) < 4.78 is 5.28. The molecule has 26 heavy (non-hydrogen) atoms. The van der Waals surface area contributed by atoms with Gasteiger partial charge in [-0.3, -0.25) is 19.7 Å². The number of hydrogen-bond donors (Lipinski definition) is 1. The highest BCUT2D eigenvalue weighted by Gasteiger charge is 2.12. The van der Waals surface area contributed by atoms with Gasteiger partial charge in [0.05, 0.1) is 10.5 Å². The molecule has 7 nitrogen and oxygen atoms in total. The van der Waals surface area contributed by atoms with Crippen LogP contribution in [0.3, 0.4) is 0 Å². The fourth-order valence-corrected chi connectivity index (χ4v) is 2.95. The van der Waals surface area contributed by atoms with E-state index in [1.807, 2.05) is 30.3 Å². The Balaban J connectivity index is 1.70. The van der Waals surface area contributed by atoms with Crippen LogP contribution < -0.4 is 10.1 Å². The zero-order valence-corrected chi connectivity index (χ0v) is 14.7. The number of benzene rings is 2. The van der Waals surface area contributed by atoms with E-state index >= 15 is 0 Å². The lowest BCUT2D eigenvalue weighted by atomic mass is 10.2. The molecule has 0 aliphatic heterocycles. The SMILES string of the molecule is O=Cc1cc([N+](=O)[O-])ccc1OCC(=O)NCCCSc1ccccc1. The number of carbonyl (C=O) groups is 2. The molecule has 1 amide bonds. The molecule has 2 aromatic rings. The Morgan fingerprint density at radius 2 is 2.00 bits per heavy atom. The number of nitro groups is 1. The Bertz CT molecular complexity index is 767. The number of hydrogen-bond acceptors (Lipinski definition) is 6. The second kappa shape index (κ2) is 10.2. The van der Waals surface area contributed by atoms with Crippen molar-refractivity contribution in [2.24, 2.45) is 0 Å². The number of nitrogens with one attached hydrogen (secondary N) is 1. The van der Waals surface area contributed by atoms with Gasteiger partial charge in [-0.25, -0.2) is 0 Å². The van der Waals surface area contributed by atoms with E-state index in [9.17, 15) is 19.7 Å². The van der Waals surface area contributed by atoms with Crippen molar-refractivity contribution in [2.45, 2.75) is 11.3 Å². The second-order valence-electron chi connectivity index (χ2n) is 5.25. The molecule has 2 rings (SSSR count). The number of amides is 1. The van der Waals surface area contributed by atoms with E-state index < -0.39 is 4.92 Å². The molecule has 0 heterocycles. The van der Waals surface area contributed by atoms with Crippen LogP contribution in [0.15, 0.2) is 53.4 Å². The third kappa shape index (κ3) is 6.21. The summed E-state index contributed by atoms with van der Waals surface area (Å²) in [6.07, 6.45) is 1.27. The molecule has 0 aliphatic carbocycles. The lowest BCUT2D eigenvalue weighted by Gasteiger charge is -2.09. The van der Waals surface area contributed by atoms with Crippen LogP contribution >= 0.6 is 11.8 Å². The zero-order chi connectivity index (χ0) is 18.8. The molecule has 0 radical (unpaired) electrons. The molecule has 8 heteroatoms. The highest BCUT2D eigenvalue weighted by atomic mass is 32.2. The van der Waals surface area contributed by atoms with Crippen LogP contribution in [0.1, 0.15) is 16.8 Å². The van der Waals surface area contributed by atoms with Crippen LogP contribution in [-0.4, -0.2) is 36.0 Å². The van der Waals surface area contributed by atoms with Crippen LogP contribution in [0.2, 0.25) is 0 Å². The first-order valence-corrected chi connectivity index (χ1v) is 8.89. The average Bonchev–Trinajstić information content (AvgIpc) is 2.66. The minimum absolute atomic E-state index is 0.0336. The summed E-state index contributed by atoms with van der Waals surface area (Å²) >= 11 is 1.71. The Hall–Kier alpha value is -2.87. The lowest BCUT2D eigenvalue weighted by molar-refractivity contribution is -0.384. The molecule has 136 valence electrons. The third-order valence-electron chi connectivity index (χ3n) is 3.35. The highest BCUT2D eigenvalue weighted by molar-refractivity contribution is 7.99. The molecular formula is C18H18N2O5S. The monoisotopic (exact) mass is 374 g/mol. The van der Waals surface area contributed by atoms with E-state index in [2.05, 4.69) is 5.32 Å². The van der Waals surface area contributed by atoms with Crippen LogP contribution in [0.25, 0.3) is 0 Å². The minimum Gasteiger partial charge on any atom is -0.483 e. The van der Waals surface area contributed by atoms with E-state index in [1.54, 1.807) is 11.8 Å². The maximum atomic E-state index is 11.8. The van der Waals surface area contributed by atoms with Gasteiger partial charge >= 0.3 is 0 Å². The number of thioether (sulfide) groups is 1. The van der Waals surface area contributed by atoms with Gasteiger partial charge in [-0.15, -0.1) is 11.8 Å². The standard InChI is InChI=1S/C18H18N2O5S/c21-12-14-11-15(20(23)24)7-8-17(14)25-13-18(22)19-9-4-10-26-16-5-2-1-3-6-16/h1-3,5-8,11-12H,4,9-10,13H2,(H,19,22). The second-order valence-corrected chi connectivity index (χ2v) is 6.42. The number of nitro benzene ring substituents is 1. The number of ether oxygens (including phenoxy) is 1. The van der Waals surface area contributed by atoms with E-state index in [-0.39, 0.29) is 29.5 Å². The van der Waals surface area contributed by atoms with E-state index in [4.69, 9.17) is 4.74 Å². The highest BCUT2D eigenvalue weighted by Crippen LogP contribution is 2.22. The molecule has 0 fully saturated rings. The lowest BCUT2D eigenvalue weighted by Crippen LogP contribution is -2.30.